The summed E-state index contributed by atoms with van der Waals surface area (Å²) in [6.45, 7) is 3.11. The lowest BCUT2D eigenvalue weighted by molar-refractivity contribution is -0.101. The van der Waals surface area contributed by atoms with Gasteiger partial charge in [0.1, 0.15) is 5.15 Å². The second kappa shape index (κ2) is 5.85. The van der Waals surface area contributed by atoms with Gasteiger partial charge in [-0.3, -0.25) is 4.90 Å². The Kier molecular flexibility index (Phi) is 4.12. The Labute approximate surface area is 123 Å². The highest BCUT2D eigenvalue weighted by Crippen LogP contribution is 2.31. The lowest BCUT2D eigenvalue weighted by atomic mass is 9.96. The Morgan fingerprint density at radius 1 is 1.60 bits per heavy atom. The number of aliphatic hydroxyl groups is 1. The zero-order valence-electron chi connectivity index (χ0n) is 11.4. The van der Waals surface area contributed by atoms with E-state index in [0.717, 1.165) is 25.3 Å². The van der Waals surface area contributed by atoms with Crippen molar-refractivity contribution in [2.75, 3.05) is 38.2 Å². The van der Waals surface area contributed by atoms with Crippen LogP contribution in [0, 0.1) is 0 Å². The number of halogens is 1. The molecule has 110 valence electrons. The highest BCUT2D eigenvalue weighted by Gasteiger charge is 2.45. The van der Waals surface area contributed by atoms with Gasteiger partial charge in [0.25, 0.3) is 0 Å². The molecule has 3 heterocycles. The van der Waals surface area contributed by atoms with Crippen LogP contribution in [0.25, 0.3) is 0 Å². The topological polar surface area (TPSA) is 57.6 Å². The van der Waals surface area contributed by atoms with Crippen LogP contribution in [-0.4, -0.2) is 59.5 Å². The zero-order valence-corrected chi connectivity index (χ0v) is 12.1. The van der Waals surface area contributed by atoms with Gasteiger partial charge in [0.15, 0.2) is 0 Å². The van der Waals surface area contributed by atoms with Crippen molar-refractivity contribution < 1.29 is 9.84 Å². The van der Waals surface area contributed by atoms with Crippen LogP contribution in [0.3, 0.4) is 0 Å². The van der Waals surface area contributed by atoms with Gasteiger partial charge >= 0.3 is 0 Å². The van der Waals surface area contributed by atoms with Gasteiger partial charge in [-0.2, -0.15) is 0 Å². The zero-order chi connectivity index (χ0) is 14.0. The number of ether oxygens (including phenoxy) is 1. The predicted molar refractivity (Wildman–Crippen MR) is 78.1 cm³/mol. The van der Waals surface area contributed by atoms with Crippen LogP contribution < -0.4 is 5.32 Å². The fraction of sp³-hybridized carbons (Fsp3) is 0.643. The van der Waals surface area contributed by atoms with Gasteiger partial charge in [0, 0.05) is 24.5 Å². The van der Waals surface area contributed by atoms with Gasteiger partial charge in [-0.05, 0) is 31.5 Å². The number of morpholine rings is 1. The molecule has 2 aliphatic rings. The molecule has 1 aromatic heterocycles. The summed E-state index contributed by atoms with van der Waals surface area (Å²) in [4.78, 5) is 6.38. The highest BCUT2D eigenvalue weighted by atomic mass is 35.5. The quantitative estimate of drug-likeness (QED) is 0.822. The van der Waals surface area contributed by atoms with Crippen LogP contribution in [0.1, 0.15) is 12.8 Å². The van der Waals surface area contributed by atoms with E-state index < -0.39 is 0 Å². The second-order valence-electron chi connectivity index (χ2n) is 5.61. The fourth-order valence-electron chi connectivity index (χ4n) is 3.23. The van der Waals surface area contributed by atoms with E-state index in [4.69, 9.17) is 16.3 Å². The van der Waals surface area contributed by atoms with Crippen molar-refractivity contribution in [2.24, 2.45) is 0 Å². The molecule has 0 aliphatic carbocycles. The first-order chi connectivity index (χ1) is 9.73. The normalized spacial score (nSPS) is 30.2. The van der Waals surface area contributed by atoms with Crippen molar-refractivity contribution in [1.29, 1.82) is 0 Å². The fourth-order valence-corrected chi connectivity index (χ4v) is 3.40. The summed E-state index contributed by atoms with van der Waals surface area (Å²) >= 11 is 5.89. The molecule has 2 N–H and O–H groups in total. The number of rotatable bonds is 4. The number of hydrogen-bond acceptors (Lipinski definition) is 5. The van der Waals surface area contributed by atoms with Crippen LogP contribution in [0.2, 0.25) is 5.15 Å². The molecule has 0 unspecified atom stereocenters. The monoisotopic (exact) mass is 297 g/mol. The van der Waals surface area contributed by atoms with Gasteiger partial charge < -0.3 is 15.2 Å². The SMILES string of the molecule is OC[C@@]1(CNc2ccnc(Cl)c2)COC[C@H]2CCCN21. The summed E-state index contributed by atoms with van der Waals surface area (Å²) < 4.78 is 5.72. The maximum Gasteiger partial charge on any atom is 0.131 e. The Morgan fingerprint density at radius 2 is 2.50 bits per heavy atom. The van der Waals surface area contributed by atoms with Crippen LogP contribution in [0.5, 0.6) is 0 Å². The molecule has 2 fully saturated rings. The molecule has 0 saturated carbocycles. The Bertz CT molecular complexity index is 473. The molecule has 6 heteroatoms. The number of aliphatic hydroxyl groups excluding tert-OH is 1. The summed E-state index contributed by atoms with van der Waals surface area (Å²) in [5, 5.41) is 13.7. The third kappa shape index (κ3) is 2.63. The molecule has 20 heavy (non-hydrogen) atoms. The molecule has 0 spiro atoms. The van der Waals surface area contributed by atoms with Gasteiger partial charge in [0.05, 0.1) is 25.4 Å². The number of nitrogens with zero attached hydrogens (tertiary/aromatic N) is 2. The van der Waals surface area contributed by atoms with Crippen molar-refractivity contribution in [1.82, 2.24) is 9.88 Å². The smallest absolute Gasteiger partial charge is 0.131 e. The van der Waals surface area contributed by atoms with Crippen molar-refractivity contribution in [3.63, 3.8) is 0 Å². The molecular weight excluding hydrogens is 278 g/mol. The van der Waals surface area contributed by atoms with E-state index in [1.54, 1.807) is 12.3 Å². The van der Waals surface area contributed by atoms with Crippen LogP contribution in [-0.2, 0) is 4.74 Å². The number of aromatic nitrogens is 1. The van der Waals surface area contributed by atoms with Gasteiger partial charge in [-0.15, -0.1) is 0 Å². The molecule has 5 nitrogen and oxygen atoms in total. The highest BCUT2D eigenvalue weighted by molar-refractivity contribution is 6.29. The number of pyridine rings is 1. The lowest BCUT2D eigenvalue weighted by Crippen LogP contribution is -2.64. The molecular formula is C14H20ClN3O2. The van der Waals surface area contributed by atoms with Gasteiger partial charge in [0.2, 0.25) is 0 Å². The van der Waals surface area contributed by atoms with Crippen molar-refractivity contribution in [2.45, 2.75) is 24.4 Å². The molecule has 2 aliphatic heterocycles. The molecule has 2 saturated heterocycles. The number of anilines is 1. The first-order valence-electron chi connectivity index (χ1n) is 7.04. The third-order valence-corrected chi connectivity index (χ3v) is 4.52. The molecule has 0 amide bonds. The molecule has 0 bridgehead atoms. The maximum absolute atomic E-state index is 9.92. The minimum Gasteiger partial charge on any atom is -0.394 e. The third-order valence-electron chi connectivity index (χ3n) is 4.31. The first-order valence-corrected chi connectivity index (χ1v) is 7.42. The average molecular weight is 298 g/mol. The van der Waals surface area contributed by atoms with E-state index in [0.29, 0.717) is 24.3 Å². The minimum absolute atomic E-state index is 0.0926. The summed E-state index contributed by atoms with van der Waals surface area (Å²) in [6, 6.07) is 4.11. The van der Waals surface area contributed by atoms with E-state index in [-0.39, 0.29) is 12.1 Å². The second-order valence-corrected chi connectivity index (χ2v) is 6.00. The van der Waals surface area contributed by atoms with Crippen LogP contribution >= 0.6 is 11.6 Å². The Balaban J connectivity index is 1.72. The summed E-state index contributed by atoms with van der Waals surface area (Å²) in [5.74, 6) is 0. The largest absolute Gasteiger partial charge is 0.394 e. The number of hydrogen-bond donors (Lipinski definition) is 2. The molecule has 3 rings (SSSR count). The Morgan fingerprint density at radius 3 is 3.30 bits per heavy atom. The molecule has 0 aromatic carbocycles. The molecule has 0 radical (unpaired) electrons. The summed E-state index contributed by atoms with van der Waals surface area (Å²) in [6.07, 6.45) is 4.01. The van der Waals surface area contributed by atoms with E-state index in [1.807, 2.05) is 6.07 Å². The van der Waals surface area contributed by atoms with Gasteiger partial charge in [-0.25, -0.2) is 4.98 Å². The first kappa shape index (κ1) is 14.1. The van der Waals surface area contributed by atoms with E-state index >= 15 is 0 Å². The van der Waals surface area contributed by atoms with Crippen molar-refractivity contribution in [3.8, 4) is 0 Å². The van der Waals surface area contributed by atoms with E-state index in [1.165, 1.54) is 6.42 Å². The number of fused-ring (bicyclic) bond motifs is 1. The Hall–Kier alpha value is -0.880. The van der Waals surface area contributed by atoms with Gasteiger partial charge in [-0.1, -0.05) is 11.6 Å². The van der Waals surface area contributed by atoms with Crippen molar-refractivity contribution in [3.05, 3.63) is 23.5 Å². The van der Waals surface area contributed by atoms with E-state index in [9.17, 15) is 5.11 Å². The lowest BCUT2D eigenvalue weighted by Gasteiger charge is -2.47. The van der Waals surface area contributed by atoms with E-state index in [2.05, 4.69) is 15.2 Å². The van der Waals surface area contributed by atoms with Crippen LogP contribution in [0.15, 0.2) is 18.3 Å². The summed E-state index contributed by atoms with van der Waals surface area (Å²) in [5.41, 5.74) is 0.578. The average Bonchev–Trinajstić information content (AvgIpc) is 2.94. The maximum atomic E-state index is 9.92. The van der Waals surface area contributed by atoms with Crippen molar-refractivity contribution >= 4 is 17.3 Å². The minimum atomic E-state index is -0.338. The van der Waals surface area contributed by atoms with Crippen LogP contribution in [0.4, 0.5) is 5.69 Å². The molecule has 1 aromatic rings. The standard InChI is InChI=1S/C14H20ClN3O2/c15-13-6-11(3-4-16-13)17-8-14(9-19)10-20-7-12-2-1-5-18(12)14/h3-4,6,12,19H,1-2,5,7-10H2,(H,16,17)/t12-,14+/m1/s1. The predicted octanol–water partition coefficient (Wildman–Crippen LogP) is 1.37. The number of nitrogens with one attached hydrogen (secondary N) is 1. The molecule has 2 atom stereocenters. The summed E-state index contributed by atoms with van der Waals surface area (Å²) in [7, 11) is 0.